The number of hydrogen-bond acceptors (Lipinski definition) is 5. The number of amides is 2. The Morgan fingerprint density at radius 3 is 2.53 bits per heavy atom. The molecule has 19 heavy (non-hydrogen) atoms. The van der Waals surface area contributed by atoms with Gasteiger partial charge in [-0.3, -0.25) is 14.5 Å². The first kappa shape index (κ1) is 14.5. The number of sulfone groups is 1. The molecule has 2 atom stereocenters. The molecule has 2 aliphatic heterocycles. The molecule has 0 radical (unpaired) electrons. The van der Waals surface area contributed by atoms with Crippen LogP contribution in [0.1, 0.15) is 33.1 Å². The number of rotatable bonds is 3. The van der Waals surface area contributed by atoms with Crippen molar-refractivity contribution in [2.24, 2.45) is 0 Å². The summed E-state index contributed by atoms with van der Waals surface area (Å²) >= 11 is 0. The summed E-state index contributed by atoms with van der Waals surface area (Å²) in [6.07, 6.45) is 1.48. The van der Waals surface area contributed by atoms with Crippen molar-refractivity contribution in [1.29, 1.82) is 0 Å². The third kappa shape index (κ3) is 3.14. The van der Waals surface area contributed by atoms with Crippen LogP contribution in [-0.4, -0.2) is 54.8 Å². The smallest absolute Gasteiger partial charge is 0.247 e. The minimum absolute atomic E-state index is 0.0622. The van der Waals surface area contributed by atoms with E-state index in [4.69, 9.17) is 0 Å². The summed E-state index contributed by atoms with van der Waals surface area (Å²) in [6, 6.07) is -0.928. The first-order chi connectivity index (χ1) is 8.80. The van der Waals surface area contributed by atoms with E-state index in [1.165, 1.54) is 4.90 Å². The zero-order valence-electron chi connectivity index (χ0n) is 11.3. The van der Waals surface area contributed by atoms with Crippen molar-refractivity contribution in [2.45, 2.75) is 51.2 Å². The van der Waals surface area contributed by atoms with Gasteiger partial charge in [-0.15, -0.1) is 0 Å². The number of nitrogens with one attached hydrogen (secondary N) is 1. The van der Waals surface area contributed by atoms with E-state index in [1.807, 2.05) is 0 Å². The van der Waals surface area contributed by atoms with Gasteiger partial charge in [0.25, 0.3) is 0 Å². The Balaban J connectivity index is 2.01. The molecule has 7 heteroatoms. The van der Waals surface area contributed by atoms with E-state index in [-0.39, 0.29) is 41.8 Å². The molecule has 2 unspecified atom stereocenters. The van der Waals surface area contributed by atoms with E-state index >= 15 is 0 Å². The molecule has 2 saturated heterocycles. The molecule has 0 aromatic heterocycles. The second-order valence-electron chi connectivity index (χ2n) is 5.57. The van der Waals surface area contributed by atoms with Gasteiger partial charge in [0.15, 0.2) is 9.84 Å². The lowest BCUT2D eigenvalue weighted by molar-refractivity contribution is -0.140. The van der Waals surface area contributed by atoms with Crippen molar-refractivity contribution in [1.82, 2.24) is 10.2 Å². The number of nitrogens with zero attached hydrogens (tertiary/aromatic N) is 1. The van der Waals surface area contributed by atoms with Gasteiger partial charge in [-0.25, -0.2) is 8.42 Å². The molecule has 0 aromatic carbocycles. The lowest BCUT2D eigenvalue weighted by atomic mass is 10.1. The zero-order valence-corrected chi connectivity index (χ0v) is 12.1. The highest BCUT2D eigenvalue weighted by Gasteiger charge is 2.41. The molecule has 0 bridgehead atoms. The molecule has 0 saturated carbocycles. The molecule has 2 aliphatic rings. The minimum atomic E-state index is -3.01. The second kappa shape index (κ2) is 5.20. The van der Waals surface area contributed by atoms with Crippen LogP contribution in [-0.2, 0) is 19.4 Å². The molecule has 2 amide bonds. The highest BCUT2D eigenvalue weighted by Crippen LogP contribution is 2.19. The van der Waals surface area contributed by atoms with E-state index < -0.39 is 15.9 Å². The number of hydrogen-bond donors (Lipinski definition) is 1. The first-order valence-electron chi connectivity index (χ1n) is 6.62. The molecule has 0 spiro atoms. The summed E-state index contributed by atoms with van der Waals surface area (Å²) in [7, 11) is -3.01. The normalized spacial score (nSPS) is 31.2. The first-order valence-corrected chi connectivity index (χ1v) is 8.44. The van der Waals surface area contributed by atoms with Crippen molar-refractivity contribution < 1.29 is 18.0 Å². The fourth-order valence-corrected chi connectivity index (χ4v) is 4.41. The van der Waals surface area contributed by atoms with Gasteiger partial charge in [0, 0.05) is 12.1 Å². The topological polar surface area (TPSA) is 83.6 Å². The summed E-state index contributed by atoms with van der Waals surface area (Å²) in [4.78, 5) is 25.1. The Morgan fingerprint density at radius 1 is 1.32 bits per heavy atom. The Bertz CT molecular complexity index is 486. The Kier molecular flexibility index (Phi) is 3.96. The molecular weight excluding hydrogens is 268 g/mol. The van der Waals surface area contributed by atoms with Crippen LogP contribution in [0.3, 0.4) is 0 Å². The lowest BCUT2D eigenvalue weighted by Crippen LogP contribution is -2.49. The van der Waals surface area contributed by atoms with Gasteiger partial charge in [0.05, 0.1) is 24.0 Å². The average molecular weight is 288 g/mol. The molecule has 6 nitrogen and oxygen atoms in total. The lowest BCUT2D eigenvalue weighted by Gasteiger charge is -2.26. The van der Waals surface area contributed by atoms with Gasteiger partial charge in [-0.1, -0.05) is 0 Å². The van der Waals surface area contributed by atoms with Gasteiger partial charge in [0.1, 0.15) is 0 Å². The van der Waals surface area contributed by atoms with E-state index in [0.717, 1.165) is 6.42 Å². The Labute approximate surface area is 113 Å². The SMILES string of the molecule is CC(C)N1C(=O)CC(NC2CCCS(=O)(=O)C2)C1=O. The predicted octanol–water partition coefficient (Wildman–Crippen LogP) is -0.311. The van der Waals surface area contributed by atoms with E-state index in [2.05, 4.69) is 5.32 Å². The highest BCUT2D eigenvalue weighted by molar-refractivity contribution is 7.91. The predicted molar refractivity (Wildman–Crippen MR) is 70.2 cm³/mol. The van der Waals surface area contributed by atoms with Crippen LogP contribution >= 0.6 is 0 Å². The number of likely N-dealkylation sites (tertiary alicyclic amines) is 1. The summed E-state index contributed by atoms with van der Waals surface area (Å²) in [6.45, 7) is 3.59. The summed E-state index contributed by atoms with van der Waals surface area (Å²) in [5, 5.41) is 3.05. The van der Waals surface area contributed by atoms with Crippen molar-refractivity contribution >= 4 is 21.7 Å². The van der Waals surface area contributed by atoms with Gasteiger partial charge < -0.3 is 5.32 Å². The van der Waals surface area contributed by atoms with Gasteiger partial charge >= 0.3 is 0 Å². The van der Waals surface area contributed by atoms with Gasteiger partial charge in [0.2, 0.25) is 11.8 Å². The number of carbonyl (C=O) groups is 2. The molecule has 2 rings (SSSR count). The Hall–Kier alpha value is -0.950. The summed E-state index contributed by atoms with van der Waals surface area (Å²) in [5.74, 6) is -0.132. The molecular formula is C12H20N2O4S. The molecule has 0 aromatic rings. The van der Waals surface area contributed by atoms with Crippen molar-refractivity contribution in [3.63, 3.8) is 0 Å². The van der Waals surface area contributed by atoms with E-state index in [0.29, 0.717) is 6.42 Å². The molecule has 108 valence electrons. The second-order valence-corrected chi connectivity index (χ2v) is 7.80. The molecule has 0 aliphatic carbocycles. The average Bonchev–Trinajstić information content (AvgIpc) is 2.52. The van der Waals surface area contributed by atoms with E-state index in [1.54, 1.807) is 13.8 Å². The maximum Gasteiger partial charge on any atom is 0.247 e. The summed E-state index contributed by atoms with van der Waals surface area (Å²) < 4.78 is 23.1. The van der Waals surface area contributed by atoms with Crippen molar-refractivity contribution in [3.05, 3.63) is 0 Å². The fourth-order valence-electron chi connectivity index (χ4n) is 2.76. The fraction of sp³-hybridized carbons (Fsp3) is 0.833. The molecule has 1 N–H and O–H groups in total. The highest BCUT2D eigenvalue weighted by atomic mass is 32.2. The van der Waals surface area contributed by atoms with E-state index in [9.17, 15) is 18.0 Å². The van der Waals surface area contributed by atoms with Crippen LogP contribution in [0.2, 0.25) is 0 Å². The largest absolute Gasteiger partial charge is 0.302 e. The van der Waals surface area contributed by atoms with Crippen LogP contribution in [0, 0.1) is 0 Å². The monoisotopic (exact) mass is 288 g/mol. The van der Waals surface area contributed by atoms with Crippen LogP contribution in [0.4, 0.5) is 0 Å². The third-order valence-electron chi connectivity index (χ3n) is 3.60. The maximum absolute atomic E-state index is 12.1. The molecule has 2 fully saturated rings. The van der Waals surface area contributed by atoms with Crippen molar-refractivity contribution in [2.75, 3.05) is 11.5 Å². The number of carbonyl (C=O) groups excluding carboxylic acids is 2. The van der Waals surface area contributed by atoms with Gasteiger partial charge in [-0.05, 0) is 26.7 Å². The number of imide groups is 1. The quantitative estimate of drug-likeness (QED) is 0.720. The maximum atomic E-state index is 12.1. The van der Waals surface area contributed by atoms with Crippen LogP contribution < -0.4 is 5.32 Å². The zero-order chi connectivity index (χ0) is 14.2. The van der Waals surface area contributed by atoms with Crippen LogP contribution in [0.5, 0.6) is 0 Å². The standard InChI is InChI=1S/C12H20N2O4S/c1-8(2)14-11(15)6-10(12(14)16)13-9-4-3-5-19(17,18)7-9/h8-10,13H,3-7H2,1-2H3. The third-order valence-corrected chi connectivity index (χ3v) is 5.42. The summed E-state index contributed by atoms with van der Waals surface area (Å²) in [5.41, 5.74) is 0. The Morgan fingerprint density at radius 2 is 2.00 bits per heavy atom. The molecule has 2 heterocycles. The minimum Gasteiger partial charge on any atom is -0.302 e. The van der Waals surface area contributed by atoms with Crippen LogP contribution in [0.25, 0.3) is 0 Å². The van der Waals surface area contributed by atoms with Crippen molar-refractivity contribution in [3.8, 4) is 0 Å². The van der Waals surface area contributed by atoms with Crippen LogP contribution in [0.15, 0.2) is 0 Å². The van der Waals surface area contributed by atoms with Gasteiger partial charge in [-0.2, -0.15) is 0 Å².